The Balaban J connectivity index is 2.21. The Morgan fingerprint density at radius 2 is 2.10 bits per heavy atom. The lowest BCUT2D eigenvalue weighted by Crippen LogP contribution is -2.38. The van der Waals surface area contributed by atoms with Gasteiger partial charge in [0, 0.05) is 25.2 Å². The van der Waals surface area contributed by atoms with Crippen LogP contribution >= 0.6 is 11.6 Å². The van der Waals surface area contributed by atoms with Crippen molar-refractivity contribution in [3.05, 3.63) is 28.8 Å². The first kappa shape index (κ1) is 15.7. The maximum Gasteiger partial charge on any atom is 0.0642 e. The molecule has 1 unspecified atom stereocenters. The minimum Gasteiger partial charge on any atom is -0.370 e. The van der Waals surface area contributed by atoms with Crippen molar-refractivity contribution in [1.29, 1.82) is 0 Å². The molecule has 1 heterocycles. The molecule has 1 aromatic carbocycles. The molecule has 20 heavy (non-hydrogen) atoms. The van der Waals surface area contributed by atoms with Crippen LogP contribution in [0.15, 0.2) is 18.2 Å². The summed E-state index contributed by atoms with van der Waals surface area (Å²) in [6.07, 6.45) is 2.59. The number of anilines is 1. The molecular weight excluding hydrogens is 268 g/mol. The molecule has 1 saturated heterocycles. The highest BCUT2D eigenvalue weighted by Crippen LogP contribution is 2.33. The molecule has 0 aromatic heterocycles. The third kappa shape index (κ3) is 4.13. The fraction of sp³-hybridized carbons (Fsp3) is 0.647. The molecule has 1 N–H and O–H groups in total. The number of para-hydroxylation sites is 1. The van der Waals surface area contributed by atoms with Crippen molar-refractivity contribution in [2.75, 3.05) is 18.0 Å². The van der Waals surface area contributed by atoms with Crippen LogP contribution in [0.3, 0.4) is 0 Å². The lowest BCUT2D eigenvalue weighted by atomic mass is 9.98. The summed E-state index contributed by atoms with van der Waals surface area (Å²) in [5.41, 5.74) is 2.66. The SMILES string of the molecule is CC1CCCN(c2c(Cl)cccc2CNC(C)(C)C)C1. The molecule has 0 amide bonds. The predicted molar refractivity (Wildman–Crippen MR) is 88.7 cm³/mol. The molecule has 0 bridgehead atoms. The number of nitrogens with one attached hydrogen (secondary N) is 1. The van der Waals surface area contributed by atoms with Crippen molar-refractivity contribution < 1.29 is 0 Å². The van der Waals surface area contributed by atoms with Gasteiger partial charge in [0.1, 0.15) is 0 Å². The average molecular weight is 295 g/mol. The molecule has 1 fully saturated rings. The predicted octanol–water partition coefficient (Wildman–Crippen LogP) is 4.46. The Morgan fingerprint density at radius 1 is 1.35 bits per heavy atom. The van der Waals surface area contributed by atoms with Crippen LogP contribution in [0.4, 0.5) is 5.69 Å². The zero-order chi connectivity index (χ0) is 14.8. The smallest absolute Gasteiger partial charge is 0.0642 e. The first-order chi connectivity index (χ1) is 9.37. The summed E-state index contributed by atoms with van der Waals surface area (Å²) in [6.45, 7) is 12.0. The van der Waals surface area contributed by atoms with Crippen LogP contribution in [0.1, 0.15) is 46.1 Å². The Hall–Kier alpha value is -0.730. The number of rotatable bonds is 3. The number of piperidine rings is 1. The third-order valence-electron chi connectivity index (χ3n) is 3.85. The molecule has 0 saturated carbocycles. The first-order valence-electron chi connectivity index (χ1n) is 7.64. The van der Waals surface area contributed by atoms with E-state index in [2.05, 4.69) is 50.0 Å². The maximum absolute atomic E-state index is 6.49. The quantitative estimate of drug-likeness (QED) is 0.885. The molecule has 1 atom stereocenters. The second-order valence-electron chi connectivity index (χ2n) is 7.04. The van der Waals surface area contributed by atoms with Gasteiger partial charge in [0.05, 0.1) is 10.7 Å². The van der Waals surface area contributed by atoms with Gasteiger partial charge in [-0.2, -0.15) is 0 Å². The van der Waals surface area contributed by atoms with Crippen molar-refractivity contribution in [3.63, 3.8) is 0 Å². The van der Waals surface area contributed by atoms with Crippen molar-refractivity contribution >= 4 is 17.3 Å². The molecule has 3 heteroatoms. The summed E-state index contributed by atoms with van der Waals surface area (Å²) in [5.74, 6) is 0.753. The van der Waals surface area contributed by atoms with Crippen molar-refractivity contribution in [2.45, 2.75) is 52.6 Å². The van der Waals surface area contributed by atoms with Crippen LogP contribution in [0.2, 0.25) is 5.02 Å². The number of nitrogens with zero attached hydrogens (tertiary/aromatic N) is 1. The molecule has 1 aliphatic rings. The summed E-state index contributed by atoms with van der Waals surface area (Å²) in [6, 6.07) is 6.26. The number of halogens is 1. The van der Waals surface area contributed by atoms with Gasteiger partial charge in [-0.3, -0.25) is 0 Å². The van der Waals surface area contributed by atoms with E-state index >= 15 is 0 Å². The van der Waals surface area contributed by atoms with Gasteiger partial charge >= 0.3 is 0 Å². The molecule has 112 valence electrons. The fourth-order valence-electron chi connectivity index (χ4n) is 2.81. The minimum atomic E-state index is 0.120. The van der Waals surface area contributed by atoms with Crippen LogP contribution in [-0.4, -0.2) is 18.6 Å². The monoisotopic (exact) mass is 294 g/mol. The van der Waals surface area contributed by atoms with Crippen LogP contribution in [0, 0.1) is 5.92 Å². The van der Waals surface area contributed by atoms with Gasteiger partial charge in [0.25, 0.3) is 0 Å². The van der Waals surface area contributed by atoms with Crippen LogP contribution < -0.4 is 10.2 Å². The van der Waals surface area contributed by atoms with E-state index in [1.165, 1.54) is 24.1 Å². The van der Waals surface area contributed by atoms with E-state index in [0.717, 1.165) is 30.6 Å². The first-order valence-corrected chi connectivity index (χ1v) is 8.02. The highest BCUT2D eigenvalue weighted by Gasteiger charge is 2.21. The Bertz CT molecular complexity index is 451. The third-order valence-corrected chi connectivity index (χ3v) is 4.16. The highest BCUT2D eigenvalue weighted by molar-refractivity contribution is 6.33. The van der Waals surface area contributed by atoms with Gasteiger partial charge in [-0.25, -0.2) is 0 Å². The van der Waals surface area contributed by atoms with Gasteiger partial charge in [0.15, 0.2) is 0 Å². The number of hydrogen-bond donors (Lipinski definition) is 1. The van der Waals surface area contributed by atoms with E-state index in [9.17, 15) is 0 Å². The average Bonchev–Trinajstić information content (AvgIpc) is 2.35. The molecular formula is C17H27ClN2. The maximum atomic E-state index is 6.49. The molecule has 0 aliphatic carbocycles. The van der Waals surface area contributed by atoms with E-state index in [1.54, 1.807) is 0 Å². The van der Waals surface area contributed by atoms with Gasteiger partial charge < -0.3 is 10.2 Å². The lowest BCUT2D eigenvalue weighted by molar-refractivity contribution is 0.421. The van der Waals surface area contributed by atoms with E-state index in [1.807, 2.05) is 6.07 Å². The second-order valence-corrected chi connectivity index (χ2v) is 7.45. The molecule has 0 spiro atoms. The summed E-state index contributed by atoms with van der Waals surface area (Å²) < 4.78 is 0. The van der Waals surface area contributed by atoms with Gasteiger partial charge in [-0.1, -0.05) is 30.7 Å². The summed E-state index contributed by atoms with van der Waals surface area (Å²) >= 11 is 6.49. The normalized spacial score (nSPS) is 20.2. The standard InChI is InChI=1S/C17H27ClN2/c1-13-7-6-10-20(12-13)16-14(8-5-9-15(16)18)11-19-17(2,3)4/h5,8-9,13,19H,6-7,10-12H2,1-4H3. The van der Waals surface area contributed by atoms with Crippen molar-refractivity contribution in [3.8, 4) is 0 Å². The zero-order valence-corrected chi connectivity index (χ0v) is 13.9. The largest absolute Gasteiger partial charge is 0.370 e. The summed E-state index contributed by atoms with van der Waals surface area (Å²) in [5, 5.41) is 4.45. The molecule has 2 nitrogen and oxygen atoms in total. The van der Waals surface area contributed by atoms with Crippen LogP contribution in [-0.2, 0) is 6.54 Å². The summed E-state index contributed by atoms with van der Waals surface area (Å²) in [4.78, 5) is 2.47. The summed E-state index contributed by atoms with van der Waals surface area (Å²) in [7, 11) is 0. The topological polar surface area (TPSA) is 15.3 Å². The molecule has 1 aromatic rings. The highest BCUT2D eigenvalue weighted by atomic mass is 35.5. The Kier molecular flexibility index (Phi) is 4.98. The zero-order valence-electron chi connectivity index (χ0n) is 13.2. The van der Waals surface area contributed by atoms with E-state index in [0.29, 0.717) is 0 Å². The number of benzene rings is 1. The van der Waals surface area contributed by atoms with Gasteiger partial charge in [0.2, 0.25) is 0 Å². The van der Waals surface area contributed by atoms with Crippen molar-refractivity contribution in [1.82, 2.24) is 5.32 Å². The lowest BCUT2D eigenvalue weighted by Gasteiger charge is -2.35. The minimum absolute atomic E-state index is 0.120. The molecule has 1 aliphatic heterocycles. The van der Waals surface area contributed by atoms with E-state index in [-0.39, 0.29) is 5.54 Å². The Morgan fingerprint density at radius 3 is 2.75 bits per heavy atom. The fourth-order valence-corrected chi connectivity index (χ4v) is 3.12. The Labute approximate surface area is 128 Å². The van der Waals surface area contributed by atoms with Gasteiger partial charge in [-0.15, -0.1) is 0 Å². The molecule has 2 rings (SSSR count). The van der Waals surface area contributed by atoms with Crippen LogP contribution in [0.25, 0.3) is 0 Å². The molecule has 0 radical (unpaired) electrons. The second kappa shape index (κ2) is 6.36. The van der Waals surface area contributed by atoms with E-state index in [4.69, 9.17) is 11.6 Å². The van der Waals surface area contributed by atoms with Gasteiger partial charge in [-0.05, 0) is 51.2 Å². The van der Waals surface area contributed by atoms with E-state index < -0.39 is 0 Å². The van der Waals surface area contributed by atoms with Crippen LogP contribution in [0.5, 0.6) is 0 Å². The number of hydrogen-bond acceptors (Lipinski definition) is 2. The van der Waals surface area contributed by atoms with Crippen molar-refractivity contribution in [2.24, 2.45) is 5.92 Å².